The minimum absolute atomic E-state index is 0.159. The Bertz CT molecular complexity index is 409. The number of alkyl halides is 3. The van der Waals surface area contributed by atoms with Crippen molar-refractivity contribution in [2.24, 2.45) is 0 Å². The highest BCUT2D eigenvalue weighted by atomic mass is 19.4. The quantitative estimate of drug-likeness (QED) is 0.666. The molecular weight excluding hydrogens is 251 g/mol. The first-order valence-electron chi connectivity index (χ1n) is 5.34. The molecule has 100 valence electrons. The summed E-state index contributed by atoms with van der Waals surface area (Å²) < 4.78 is 46.1. The van der Waals surface area contributed by atoms with Gasteiger partial charge in [0.1, 0.15) is 13.2 Å². The minimum Gasteiger partial charge on any atom is -0.486 e. The number of rotatable bonds is 4. The molecule has 1 heterocycles. The van der Waals surface area contributed by atoms with Crippen molar-refractivity contribution in [2.45, 2.75) is 12.7 Å². The van der Waals surface area contributed by atoms with E-state index >= 15 is 0 Å². The van der Waals surface area contributed by atoms with Gasteiger partial charge in [0.2, 0.25) is 0 Å². The van der Waals surface area contributed by atoms with Crippen LogP contribution in [0.15, 0.2) is 18.2 Å². The van der Waals surface area contributed by atoms with Gasteiger partial charge >= 0.3 is 6.18 Å². The molecule has 0 saturated carbocycles. The lowest BCUT2D eigenvalue weighted by atomic mass is 10.2. The highest BCUT2D eigenvalue weighted by Crippen LogP contribution is 2.30. The van der Waals surface area contributed by atoms with Crippen LogP contribution in [0.3, 0.4) is 0 Å². The topological polar surface area (TPSA) is 39.7 Å². The number of benzene rings is 1. The smallest absolute Gasteiger partial charge is 0.413 e. The first-order valence-corrected chi connectivity index (χ1v) is 5.34. The number of fused-ring (bicyclic) bond motifs is 1. The predicted octanol–water partition coefficient (Wildman–Crippen LogP) is 2.04. The van der Waals surface area contributed by atoms with E-state index in [1.54, 1.807) is 18.2 Å². The molecule has 1 aromatic carbocycles. The molecule has 1 aliphatic heterocycles. The highest BCUT2D eigenvalue weighted by Gasteiger charge is 2.27. The van der Waals surface area contributed by atoms with Gasteiger partial charge < -0.3 is 9.47 Å². The Labute approximate surface area is 102 Å². The molecule has 1 aliphatic rings. The van der Waals surface area contributed by atoms with Gasteiger partial charge in [-0.3, -0.25) is 4.84 Å². The fourth-order valence-corrected chi connectivity index (χ4v) is 1.46. The molecule has 0 fully saturated rings. The van der Waals surface area contributed by atoms with Crippen molar-refractivity contribution in [1.82, 2.24) is 5.48 Å². The maximum Gasteiger partial charge on any atom is 0.413 e. The third-order valence-electron chi connectivity index (χ3n) is 2.22. The maximum absolute atomic E-state index is 11.8. The van der Waals surface area contributed by atoms with E-state index in [1.807, 2.05) is 0 Å². The van der Waals surface area contributed by atoms with Crippen LogP contribution in [0.5, 0.6) is 11.5 Å². The van der Waals surface area contributed by atoms with Gasteiger partial charge in [0, 0.05) is 6.54 Å². The fourth-order valence-electron chi connectivity index (χ4n) is 1.46. The van der Waals surface area contributed by atoms with Crippen LogP contribution in [-0.2, 0) is 11.4 Å². The Balaban J connectivity index is 1.83. The summed E-state index contributed by atoms with van der Waals surface area (Å²) in [5, 5.41) is 0. The van der Waals surface area contributed by atoms with Crippen molar-refractivity contribution < 1.29 is 27.5 Å². The second-order valence-electron chi connectivity index (χ2n) is 3.70. The molecule has 0 spiro atoms. The van der Waals surface area contributed by atoms with E-state index < -0.39 is 12.8 Å². The third-order valence-corrected chi connectivity index (χ3v) is 2.22. The normalized spacial score (nSPS) is 14.6. The summed E-state index contributed by atoms with van der Waals surface area (Å²) in [5.74, 6) is 1.23. The molecule has 0 bridgehead atoms. The Morgan fingerprint density at radius 3 is 2.61 bits per heavy atom. The van der Waals surface area contributed by atoms with E-state index in [0.717, 1.165) is 5.56 Å². The fraction of sp³-hybridized carbons (Fsp3) is 0.455. The first-order chi connectivity index (χ1) is 8.54. The van der Waals surface area contributed by atoms with Crippen LogP contribution in [0.1, 0.15) is 5.56 Å². The van der Waals surface area contributed by atoms with Gasteiger partial charge in [-0.15, -0.1) is 0 Å². The summed E-state index contributed by atoms with van der Waals surface area (Å²) in [7, 11) is 0. The van der Waals surface area contributed by atoms with Crippen molar-refractivity contribution in [1.29, 1.82) is 0 Å². The first kappa shape index (κ1) is 13.0. The van der Waals surface area contributed by atoms with Crippen LogP contribution in [0.2, 0.25) is 0 Å². The molecule has 0 unspecified atom stereocenters. The van der Waals surface area contributed by atoms with Crippen molar-refractivity contribution in [3.8, 4) is 11.5 Å². The maximum atomic E-state index is 11.8. The number of ether oxygens (including phenoxy) is 2. The van der Waals surface area contributed by atoms with Crippen LogP contribution in [0, 0.1) is 0 Å². The second kappa shape index (κ2) is 5.45. The molecule has 0 radical (unpaired) electrons. The summed E-state index contributed by atoms with van der Waals surface area (Å²) in [6, 6.07) is 5.16. The van der Waals surface area contributed by atoms with Gasteiger partial charge in [-0.1, -0.05) is 6.07 Å². The monoisotopic (exact) mass is 263 g/mol. The summed E-state index contributed by atoms with van der Waals surface area (Å²) >= 11 is 0. The van der Waals surface area contributed by atoms with Gasteiger partial charge in [0.05, 0.1) is 0 Å². The van der Waals surface area contributed by atoms with Gasteiger partial charge in [-0.2, -0.15) is 18.7 Å². The Morgan fingerprint density at radius 2 is 1.89 bits per heavy atom. The molecular formula is C11H12F3NO3. The molecule has 1 aromatic rings. The lowest BCUT2D eigenvalue weighted by Gasteiger charge is -2.19. The lowest BCUT2D eigenvalue weighted by Crippen LogP contribution is -2.24. The largest absolute Gasteiger partial charge is 0.486 e. The van der Waals surface area contributed by atoms with Gasteiger partial charge in [-0.25, -0.2) is 0 Å². The summed E-state index contributed by atoms with van der Waals surface area (Å²) in [6.45, 7) is -0.196. The molecule has 2 rings (SSSR count). The lowest BCUT2D eigenvalue weighted by molar-refractivity contribution is -0.190. The molecule has 0 atom stereocenters. The molecule has 7 heteroatoms. The summed E-state index contributed by atoms with van der Waals surface area (Å²) in [5.41, 5.74) is 3.00. The summed E-state index contributed by atoms with van der Waals surface area (Å²) in [4.78, 5) is 4.30. The Morgan fingerprint density at radius 1 is 1.17 bits per heavy atom. The van der Waals surface area contributed by atoms with Gasteiger partial charge in [-0.05, 0) is 17.7 Å². The average Bonchev–Trinajstić information content (AvgIpc) is 2.33. The van der Waals surface area contributed by atoms with E-state index in [-0.39, 0.29) is 6.54 Å². The van der Waals surface area contributed by atoms with E-state index in [2.05, 4.69) is 10.3 Å². The second-order valence-corrected chi connectivity index (χ2v) is 3.70. The van der Waals surface area contributed by atoms with Crippen molar-refractivity contribution in [3.05, 3.63) is 23.8 Å². The molecule has 0 aromatic heterocycles. The molecule has 4 nitrogen and oxygen atoms in total. The highest BCUT2D eigenvalue weighted by molar-refractivity contribution is 5.43. The van der Waals surface area contributed by atoms with Crippen molar-refractivity contribution >= 4 is 0 Å². The van der Waals surface area contributed by atoms with E-state index in [4.69, 9.17) is 9.47 Å². The van der Waals surface area contributed by atoms with Crippen LogP contribution in [0.25, 0.3) is 0 Å². The zero-order chi connectivity index (χ0) is 13.0. The van der Waals surface area contributed by atoms with Crippen LogP contribution in [-0.4, -0.2) is 26.0 Å². The van der Waals surface area contributed by atoms with E-state index in [0.29, 0.717) is 24.7 Å². The van der Waals surface area contributed by atoms with Crippen LogP contribution >= 0.6 is 0 Å². The predicted molar refractivity (Wildman–Crippen MR) is 56.3 cm³/mol. The molecule has 0 saturated heterocycles. The third kappa shape index (κ3) is 3.78. The van der Waals surface area contributed by atoms with Crippen LogP contribution in [0.4, 0.5) is 13.2 Å². The zero-order valence-electron chi connectivity index (χ0n) is 9.42. The SMILES string of the molecule is FC(F)(F)CONCc1ccc2c(c1)OCCO2. The molecule has 1 N–H and O–H groups in total. The standard InChI is InChI=1S/C11H12F3NO3/c12-11(13,14)7-18-15-6-8-1-2-9-10(5-8)17-4-3-16-9/h1-2,5,15H,3-4,6-7H2. The number of halogens is 3. The van der Waals surface area contributed by atoms with E-state index in [1.165, 1.54) is 0 Å². The Hall–Kier alpha value is -1.47. The average molecular weight is 263 g/mol. The zero-order valence-corrected chi connectivity index (χ0v) is 9.42. The number of nitrogens with one attached hydrogen (secondary N) is 1. The minimum atomic E-state index is -4.33. The van der Waals surface area contributed by atoms with E-state index in [9.17, 15) is 13.2 Å². The molecule has 0 aliphatic carbocycles. The van der Waals surface area contributed by atoms with Crippen LogP contribution < -0.4 is 15.0 Å². The van der Waals surface area contributed by atoms with Gasteiger partial charge in [0.25, 0.3) is 0 Å². The van der Waals surface area contributed by atoms with Crippen molar-refractivity contribution in [2.75, 3.05) is 19.8 Å². The number of hydrogen-bond acceptors (Lipinski definition) is 4. The summed E-state index contributed by atoms with van der Waals surface area (Å²) in [6.07, 6.45) is -4.33. The van der Waals surface area contributed by atoms with Crippen molar-refractivity contribution in [3.63, 3.8) is 0 Å². The van der Waals surface area contributed by atoms with Gasteiger partial charge in [0.15, 0.2) is 18.1 Å². The number of hydrogen-bond donors (Lipinski definition) is 1. The molecule has 0 amide bonds. The molecule has 18 heavy (non-hydrogen) atoms. The Kier molecular flexibility index (Phi) is 3.93. The number of hydroxylamine groups is 1.